The molecule has 2 rings (SSSR count). The number of anilines is 2. The predicted molar refractivity (Wildman–Crippen MR) is 71.8 cm³/mol. The molecule has 2 aromatic rings. The van der Waals surface area contributed by atoms with Crippen molar-refractivity contribution in [2.75, 3.05) is 5.32 Å². The third kappa shape index (κ3) is 2.41. The van der Waals surface area contributed by atoms with Crippen LogP contribution in [0.2, 0.25) is 0 Å². The third-order valence-corrected chi connectivity index (χ3v) is 2.74. The largest absolute Gasteiger partial charge is 0.335 e. The van der Waals surface area contributed by atoms with Crippen molar-refractivity contribution >= 4 is 11.5 Å². The molecule has 5 heteroatoms. The molecular formula is C13H16N4O. The highest BCUT2D eigenvalue weighted by molar-refractivity contribution is 5.59. The summed E-state index contributed by atoms with van der Waals surface area (Å²) in [7, 11) is 0. The summed E-state index contributed by atoms with van der Waals surface area (Å²) >= 11 is 0. The molecule has 0 bridgehead atoms. The van der Waals surface area contributed by atoms with Gasteiger partial charge in [-0.25, -0.2) is 4.98 Å². The van der Waals surface area contributed by atoms with E-state index >= 15 is 0 Å². The van der Waals surface area contributed by atoms with Crippen LogP contribution in [0.3, 0.4) is 0 Å². The van der Waals surface area contributed by atoms with Gasteiger partial charge in [0.05, 0.1) is 0 Å². The van der Waals surface area contributed by atoms with Crippen molar-refractivity contribution in [2.45, 2.75) is 20.0 Å². The Labute approximate surface area is 105 Å². The first-order valence-corrected chi connectivity index (χ1v) is 5.86. The number of rotatable bonds is 4. The van der Waals surface area contributed by atoms with Crippen LogP contribution in [0.1, 0.15) is 12.5 Å². The molecule has 0 radical (unpaired) electrons. The lowest BCUT2D eigenvalue weighted by atomic mass is 10.2. The van der Waals surface area contributed by atoms with E-state index in [1.165, 1.54) is 0 Å². The van der Waals surface area contributed by atoms with Crippen molar-refractivity contribution in [1.29, 1.82) is 0 Å². The molecule has 1 aromatic heterocycles. The zero-order chi connectivity index (χ0) is 13.0. The summed E-state index contributed by atoms with van der Waals surface area (Å²) in [4.78, 5) is 16.1. The molecular weight excluding hydrogens is 228 g/mol. The summed E-state index contributed by atoms with van der Waals surface area (Å²) in [6.07, 6.45) is 3.28. The Bertz CT molecular complexity index is 592. The molecule has 0 spiro atoms. The van der Waals surface area contributed by atoms with Gasteiger partial charge in [0.2, 0.25) is 0 Å². The number of nitrogens with two attached hydrogens (primary N) is 1. The minimum atomic E-state index is -0.133. The zero-order valence-corrected chi connectivity index (χ0v) is 10.3. The summed E-state index contributed by atoms with van der Waals surface area (Å²) < 4.78 is 1.60. The van der Waals surface area contributed by atoms with E-state index in [9.17, 15) is 4.79 Å². The van der Waals surface area contributed by atoms with Crippen molar-refractivity contribution < 1.29 is 0 Å². The monoisotopic (exact) mass is 244 g/mol. The van der Waals surface area contributed by atoms with E-state index in [1.54, 1.807) is 17.0 Å². The number of aryl methyl sites for hydroxylation is 1. The molecule has 0 amide bonds. The molecule has 0 aliphatic heterocycles. The predicted octanol–water partition coefficient (Wildman–Crippen LogP) is 1.47. The van der Waals surface area contributed by atoms with Crippen LogP contribution in [0.15, 0.2) is 41.5 Å². The summed E-state index contributed by atoms with van der Waals surface area (Å²) in [5.41, 5.74) is 7.29. The third-order valence-electron chi connectivity index (χ3n) is 2.74. The van der Waals surface area contributed by atoms with Crippen LogP contribution in [0, 0.1) is 0 Å². The maximum Gasteiger partial charge on any atom is 0.293 e. The second-order valence-electron chi connectivity index (χ2n) is 3.85. The highest BCUT2D eigenvalue weighted by Crippen LogP contribution is 2.16. The summed E-state index contributed by atoms with van der Waals surface area (Å²) in [5.74, 6) is 0.320. The van der Waals surface area contributed by atoms with E-state index in [2.05, 4.69) is 10.3 Å². The second-order valence-corrected chi connectivity index (χ2v) is 3.85. The molecule has 0 aliphatic rings. The Hall–Kier alpha value is -2.14. The van der Waals surface area contributed by atoms with E-state index in [0.29, 0.717) is 18.9 Å². The minimum absolute atomic E-state index is 0.133. The Balaban J connectivity index is 2.37. The number of hydrogen-bond donors (Lipinski definition) is 2. The molecule has 0 saturated carbocycles. The quantitative estimate of drug-likeness (QED) is 0.854. The maximum absolute atomic E-state index is 12.0. The number of benzene rings is 1. The van der Waals surface area contributed by atoms with Gasteiger partial charge in [0, 0.05) is 31.2 Å². The number of nitrogens with one attached hydrogen (secondary N) is 1. The van der Waals surface area contributed by atoms with Crippen LogP contribution >= 0.6 is 0 Å². The van der Waals surface area contributed by atoms with E-state index in [4.69, 9.17) is 5.73 Å². The Kier molecular flexibility index (Phi) is 3.74. The molecule has 0 atom stereocenters. The van der Waals surface area contributed by atoms with Crippen molar-refractivity contribution in [3.63, 3.8) is 0 Å². The average Bonchev–Trinajstić information content (AvgIpc) is 2.42. The molecule has 0 unspecified atom stereocenters. The zero-order valence-electron chi connectivity index (χ0n) is 10.3. The van der Waals surface area contributed by atoms with Crippen molar-refractivity contribution in [3.8, 4) is 0 Å². The molecule has 94 valence electrons. The number of hydrogen-bond acceptors (Lipinski definition) is 4. The summed E-state index contributed by atoms with van der Waals surface area (Å²) in [5, 5.41) is 3.04. The van der Waals surface area contributed by atoms with E-state index in [-0.39, 0.29) is 5.56 Å². The Morgan fingerprint density at radius 2 is 2.17 bits per heavy atom. The molecule has 1 heterocycles. The molecule has 18 heavy (non-hydrogen) atoms. The highest BCUT2D eigenvalue weighted by atomic mass is 16.1. The number of para-hydroxylation sites is 1. The summed E-state index contributed by atoms with van der Waals surface area (Å²) in [6.45, 7) is 2.95. The first kappa shape index (κ1) is 12.3. The van der Waals surface area contributed by atoms with Gasteiger partial charge in [-0.05, 0) is 18.6 Å². The lowest BCUT2D eigenvalue weighted by molar-refractivity contribution is 0.720. The normalized spacial score (nSPS) is 10.3. The van der Waals surface area contributed by atoms with Gasteiger partial charge < -0.3 is 15.6 Å². The van der Waals surface area contributed by atoms with Crippen molar-refractivity contribution in [2.24, 2.45) is 5.73 Å². The number of nitrogens with zero attached hydrogens (tertiary/aromatic N) is 2. The van der Waals surface area contributed by atoms with Crippen LogP contribution in [-0.4, -0.2) is 9.55 Å². The fraction of sp³-hybridized carbons (Fsp3) is 0.231. The van der Waals surface area contributed by atoms with Crippen LogP contribution in [0.25, 0.3) is 0 Å². The van der Waals surface area contributed by atoms with Gasteiger partial charge in [0.1, 0.15) is 0 Å². The lowest BCUT2D eigenvalue weighted by Gasteiger charge is -2.10. The van der Waals surface area contributed by atoms with Gasteiger partial charge in [-0.3, -0.25) is 4.79 Å². The molecule has 3 N–H and O–H groups in total. The first-order valence-electron chi connectivity index (χ1n) is 5.86. The van der Waals surface area contributed by atoms with E-state index in [1.807, 2.05) is 31.2 Å². The molecule has 0 aliphatic carbocycles. The number of aromatic nitrogens is 2. The second kappa shape index (κ2) is 5.46. The van der Waals surface area contributed by atoms with Crippen LogP contribution in [-0.2, 0) is 13.1 Å². The SMILES string of the molecule is CCn1ccnc(Nc2ccccc2CN)c1=O. The van der Waals surface area contributed by atoms with Gasteiger partial charge in [-0.2, -0.15) is 0 Å². The average molecular weight is 244 g/mol. The standard InChI is InChI=1S/C13H16N4O/c1-2-17-8-7-15-12(13(17)18)16-11-6-4-3-5-10(11)9-14/h3-8H,2,9,14H2,1H3,(H,15,16). The smallest absolute Gasteiger partial charge is 0.293 e. The summed E-state index contributed by atoms with van der Waals surface area (Å²) in [6, 6.07) is 7.61. The lowest BCUT2D eigenvalue weighted by Crippen LogP contribution is -2.22. The van der Waals surface area contributed by atoms with Gasteiger partial charge >= 0.3 is 0 Å². The fourth-order valence-electron chi connectivity index (χ4n) is 1.73. The topological polar surface area (TPSA) is 72.9 Å². The fourth-order valence-corrected chi connectivity index (χ4v) is 1.73. The van der Waals surface area contributed by atoms with E-state index < -0.39 is 0 Å². The van der Waals surface area contributed by atoms with Gasteiger partial charge in [0.15, 0.2) is 5.82 Å². The molecule has 1 aromatic carbocycles. The van der Waals surface area contributed by atoms with Gasteiger partial charge in [-0.15, -0.1) is 0 Å². The van der Waals surface area contributed by atoms with Gasteiger partial charge in [-0.1, -0.05) is 18.2 Å². The van der Waals surface area contributed by atoms with Crippen molar-refractivity contribution in [1.82, 2.24) is 9.55 Å². The van der Waals surface area contributed by atoms with Crippen LogP contribution in [0.5, 0.6) is 0 Å². The van der Waals surface area contributed by atoms with Gasteiger partial charge in [0.25, 0.3) is 5.56 Å². The van der Waals surface area contributed by atoms with E-state index in [0.717, 1.165) is 11.3 Å². The molecule has 0 fully saturated rings. The minimum Gasteiger partial charge on any atom is -0.335 e. The molecule has 5 nitrogen and oxygen atoms in total. The highest BCUT2D eigenvalue weighted by Gasteiger charge is 2.06. The maximum atomic E-state index is 12.0. The van der Waals surface area contributed by atoms with Crippen LogP contribution in [0.4, 0.5) is 11.5 Å². The molecule has 0 saturated heterocycles. The van der Waals surface area contributed by atoms with Crippen molar-refractivity contribution in [3.05, 3.63) is 52.6 Å². The van der Waals surface area contributed by atoms with Crippen LogP contribution < -0.4 is 16.6 Å². The Morgan fingerprint density at radius 3 is 2.89 bits per heavy atom. The first-order chi connectivity index (χ1) is 8.76. The Morgan fingerprint density at radius 1 is 1.39 bits per heavy atom.